The van der Waals surface area contributed by atoms with Crippen molar-refractivity contribution in [2.24, 2.45) is 0 Å². The van der Waals surface area contributed by atoms with Gasteiger partial charge in [-0.25, -0.2) is 0 Å². The predicted octanol–water partition coefficient (Wildman–Crippen LogP) is 3.47. The third-order valence-corrected chi connectivity index (χ3v) is 3.49. The highest BCUT2D eigenvalue weighted by Crippen LogP contribution is 2.29. The summed E-state index contributed by atoms with van der Waals surface area (Å²) in [6, 6.07) is 10.8. The molecule has 0 spiro atoms. The van der Waals surface area contributed by atoms with E-state index in [2.05, 4.69) is 10.6 Å². The fourth-order valence-corrected chi connectivity index (χ4v) is 2.18. The van der Waals surface area contributed by atoms with Gasteiger partial charge in [0.05, 0.1) is 18.2 Å². The Kier molecular flexibility index (Phi) is 6.21. The van der Waals surface area contributed by atoms with Crippen molar-refractivity contribution in [3.63, 3.8) is 0 Å². The summed E-state index contributed by atoms with van der Waals surface area (Å²) >= 11 is 0. The number of ether oxygens (including phenoxy) is 1. The Morgan fingerprint density at radius 2 is 1.69 bits per heavy atom. The zero-order valence-corrected chi connectivity index (χ0v) is 13.9. The van der Waals surface area contributed by atoms with Gasteiger partial charge in [0.2, 0.25) is 5.91 Å². The van der Waals surface area contributed by atoms with Gasteiger partial charge in [-0.3, -0.25) is 9.59 Å². The van der Waals surface area contributed by atoms with Crippen LogP contribution in [0.5, 0.6) is 5.75 Å². The van der Waals surface area contributed by atoms with Crippen LogP contribution in [0.15, 0.2) is 48.5 Å². The molecule has 0 aliphatic rings. The number of hydrogen-bond acceptors (Lipinski definition) is 3. The molecule has 0 atom stereocenters. The molecule has 0 unspecified atom stereocenters. The van der Waals surface area contributed by atoms with E-state index in [1.54, 1.807) is 24.3 Å². The average molecular weight is 366 g/mol. The van der Waals surface area contributed by atoms with Crippen LogP contribution < -0.4 is 15.4 Å². The lowest BCUT2D eigenvalue weighted by molar-refractivity contribution is -0.137. The summed E-state index contributed by atoms with van der Waals surface area (Å²) in [4.78, 5) is 23.9. The molecule has 0 radical (unpaired) electrons. The fraction of sp³-hybridized carbons (Fsp3) is 0.222. The van der Waals surface area contributed by atoms with E-state index in [9.17, 15) is 22.8 Å². The molecular weight excluding hydrogens is 349 g/mol. The van der Waals surface area contributed by atoms with Crippen molar-refractivity contribution in [3.05, 3.63) is 59.7 Å². The number of amides is 2. The maximum atomic E-state index is 12.5. The van der Waals surface area contributed by atoms with E-state index in [0.29, 0.717) is 11.3 Å². The summed E-state index contributed by atoms with van der Waals surface area (Å²) in [7, 11) is 1.45. The Hall–Kier alpha value is -3.03. The monoisotopic (exact) mass is 366 g/mol. The molecule has 2 rings (SSSR count). The number of anilines is 1. The van der Waals surface area contributed by atoms with Gasteiger partial charge in [0.15, 0.2) is 0 Å². The Morgan fingerprint density at radius 3 is 2.31 bits per heavy atom. The van der Waals surface area contributed by atoms with E-state index >= 15 is 0 Å². The van der Waals surface area contributed by atoms with Gasteiger partial charge in [0, 0.05) is 18.7 Å². The molecule has 2 amide bonds. The van der Waals surface area contributed by atoms with Gasteiger partial charge >= 0.3 is 6.18 Å². The van der Waals surface area contributed by atoms with Gasteiger partial charge in [-0.05, 0) is 36.4 Å². The lowest BCUT2D eigenvalue weighted by atomic mass is 10.2. The average Bonchev–Trinajstić information content (AvgIpc) is 2.61. The summed E-state index contributed by atoms with van der Waals surface area (Å²) < 4.78 is 42.5. The topological polar surface area (TPSA) is 67.4 Å². The number of nitrogens with one attached hydrogen (secondary N) is 2. The number of hydrogen-bond donors (Lipinski definition) is 2. The standard InChI is InChI=1S/C18H17F3N2O3/c1-26-15-5-3-2-4-14(15)17(25)22-11-10-16(24)23-13-8-6-12(7-9-13)18(19,20)21/h2-9H,10-11H2,1H3,(H,22,25)(H,23,24). The third kappa shape index (κ3) is 5.23. The molecule has 0 heterocycles. The molecule has 0 saturated heterocycles. The smallest absolute Gasteiger partial charge is 0.416 e. The van der Waals surface area contributed by atoms with E-state index in [-0.39, 0.29) is 24.6 Å². The number of methoxy groups -OCH3 is 1. The maximum Gasteiger partial charge on any atom is 0.416 e. The van der Waals surface area contributed by atoms with Crippen LogP contribution >= 0.6 is 0 Å². The van der Waals surface area contributed by atoms with E-state index in [1.165, 1.54) is 19.2 Å². The molecule has 0 saturated carbocycles. The number of carbonyl (C=O) groups excluding carboxylic acids is 2. The second kappa shape index (κ2) is 8.37. The van der Waals surface area contributed by atoms with Crippen LogP contribution in [0.1, 0.15) is 22.3 Å². The quantitative estimate of drug-likeness (QED) is 0.823. The van der Waals surface area contributed by atoms with Crippen molar-refractivity contribution in [1.29, 1.82) is 0 Å². The molecule has 2 aromatic carbocycles. The molecule has 2 aromatic rings. The van der Waals surface area contributed by atoms with Gasteiger partial charge in [-0.15, -0.1) is 0 Å². The Labute approximate surface area is 148 Å². The van der Waals surface area contributed by atoms with E-state index in [4.69, 9.17) is 4.74 Å². The molecule has 5 nitrogen and oxygen atoms in total. The predicted molar refractivity (Wildman–Crippen MR) is 90.0 cm³/mol. The molecule has 0 bridgehead atoms. The highest BCUT2D eigenvalue weighted by Gasteiger charge is 2.29. The number of halogens is 3. The molecule has 8 heteroatoms. The van der Waals surface area contributed by atoms with Crippen molar-refractivity contribution in [2.45, 2.75) is 12.6 Å². The van der Waals surface area contributed by atoms with Crippen LogP contribution in [0, 0.1) is 0 Å². The van der Waals surface area contributed by atoms with E-state index < -0.39 is 17.6 Å². The first-order chi connectivity index (χ1) is 12.3. The van der Waals surface area contributed by atoms with Crippen molar-refractivity contribution in [3.8, 4) is 5.75 Å². The second-order valence-corrected chi connectivity index (χ2v) is 5.33. The number of alkyl halides is 3. The van der Waals surface area contributed by atoms with Crippen LogP contribution in [-0.4, -0.2) is 25.5 Å². The lowest BCUT2D eigenvalue weighted by Crippen LogP contribution is -2.28. The lowest BCUT2D eigenvalue weighted by Gasteiger charge is -2.10. The first-order valence-electron chi connectivity index (χ1n) is 7.69. The zero-order chi connectivity index (χ0) is 19.2. The molecule has 0 fully saturated rings. The summed E-state index contributed by atoms with van der Waals surface area (Å²) in [5.41, 5.74) is -0.197. The molecule has 0 aromatic heterocycles. The van der Waals surface area contributed by atoms with Crippen molar-refractivity contribution < 1.29 is 27.5 Å². The van der Waals surface area contributed by atoms with Gasteiger partial charge in [0.1, 0.15) is 5.75 Å². The highest BCUT2D eigenvalue weighted by atomic mass is 19.4. The van der Waals surface area contributed by atoms with Crippen molar-refractivity contribution >= 4 is 17.5 Å². The molecule has 26 heavy (non-hydrogen) atoms. The van der Waals surface area contributed by atoms with Gasteiger partial charge in [-0.2, -0.15) is 13.2 Å². The summed E-state index contributed by atoms with van der Waals surface area (Å²) in [6.45, 7) is 0.0728. The van der Waals surface area contributed by atoms with Crippen LogP contribution in [0.2, 0.25) is 0 Å². The normalized spacial score (nSPS) is 10.9. The number of rotatable bonds is 6. The Morgan fingerprint density at radius 1 is 1.04 bits per heavy atom. The molecule has 138 valence electrons. The van der Waals surface area contributed by atoms with Crippen LogP contribution in [0.3, 0.4) is 0 Å². The molecule has 0 aliphatic heterocycles. The molecular formula is C18H17F3N2O3. The molecule has 2 N–H and O–H groups in total. The van der Waals surface area contributed by atoms with Crippen LogP contribution in [0.4, 0.5) is 18.9 Å². The fourth-order valence-electron chi connectivity index (χ4n) is 2.18. The van der Waals surface area contributed by atoms with Gasteiger partial charge < -0.3 is 15.4 Å². The molecule has 0 aliphatic carbocycles. The minimum absolute atomic E-state index is 0.0259. The third-order valence-electron chi connectivity index (χ3n) is 3.49. The zero-order valence-electron chi connectivity index (χ0n) is 13.9. The van der Waals surface area contributed by atoms with Crippen molar-refractivity contribution in [1.82, 2.24) is 5.32 Å². The Balaban J connectivity index is 1.83. The van der Waals surface area contributed by atoms with Gasteiger partial charge in [-0.1, -0.05) is 12.1 Å². The summed E-state index contributed by atoms with van der Waals surface area (Å²) in [6.07, 6.45) is -4.45. The summed E-state index contributed by atoms with van der Waals surface area (Å²) in [5, 5.41) is 5.07. The number of para-hydroxylation sites is 1. The minimum atomic E-state index is -4.43. The second-order valence-electron chi connectivity index (χ2n) is 5.33. The van der Waals surface area contributed by atoms with Crippen LogP contribution in [-0.2, 0) is 11.0 Å². The minimum Gasteiger partial charge on any atom is -0.496 e. The van der Waals surface area contributed by atoms with E-state index in [1.807, 2.05) is 0 Å². The number of carbonyl (C=O) groups is 2. The number of benzene rings is 2. The largest absolute Gasteiger partial charge is 0.496 e. The Bertz CT molecular complexity index is 774. The first kappa shape index (κ1) is 19.3. The highest BCUT2D eigenvalue weighted by molar-refractivity contribution is 5.97. The van der Waals surface area contributed by atoms with E-state index in [0.717, 1.165) is 12.1 Å². The SMILES string of the molecule is COc1ccccc1C(=O)NCCC(=O)Nc1ccc(C(F)(F)F)cc1. The van der Waals surface area contributed by atoms with Crippen LogP contribution in [0.25, 0.3) is 0 Å². The first-order valence-corrected chi connectivity index (χ1v) is 7.69. The maximum absolute atomic E-state index is 12.5. The van der Waals surface area contributed by atoms with Crippen molar-refractivity contribution in [2.75, 3.05) is 19.0 Å². The van der Waals surface area contributed by atoms with Gasteiger partial charge in [0.25, 0.3) is 5.91 Å². The summed E-state index contributed by atoms with van der Waals surface area (Å²) in [5.74, 6) is -0.394.